The smallest absolute Gasteiger partial charge is 0.247 e. The SMILES string of the molecule is O=C1NCN(c2ccccc2)C12CCN(CC1CSC(c3ccc(F)cc3)C1)CC2. The minimum Gasteiger partial charge on any atom is -0.339 e. The molecule has 5 rings (SSSR count). The maximum absolute atomic E-state index is 13.2. The number of para-hydroxylation sites is 1. The van der Waals surface area contributed by atoms with Crippen molar-refractivity contribution in [1.29, 1.82) is 0 Å². The number of rotatable bonds is 4. The van der Waals surface area contributed by atoms with E-state index in [1.807, 2.05) is 42.1 Å². The number of carbonyl (C=O) groups excluding carboxylic acids is 1. The molecule has 0 saturated carbocycles. The maximum atomic E-state index is 13.2. The van der Waals surface area contributed by atoms with Crippen LogP contribution in [0, 0.1) is 11.7 Å². The molecule has 2 aromatic carbocycles. The van der Waals surface area contributed by atoms with Crippen LogP contribution in [0.5, 0.6) is 0 Å². The van der Waals surface area contributed by atoms with E-state index in [1.165, 1.54) is 5.56 Å². The van der Waals surface area contributed by atoms with Crippen LogP contribution in [0.2, 0.25) is 0 Å². The molecule has 1 N–H and O–H groups in total. The van der Waals surface area contributed by atoms with Gasteiger partial charge in [-0.25, -0.2) is 4.39 Å². The molecule has 2 unspecified atom stereocenters. The largest absolute Gasteiger partial charge is 0.339 e. The third-order valence-corrected chi connectivity index (χ3v) is 8.46. The van der Waals surface area contributed by atoms with Crippen molar-refractivity contribution in [2.24, 2.45) is 5.92 Å². The summed E-state index contributed by atoms with van der Waals surface area (Å²) in [5, 5.41) is 3.56. The summed E-state index contributed by atoms with van der Waals surface area (Å²) in [6.45, 7) is 3.60. The van der Waals surface area contributed by atoms with E-state index < -0.39 is 5.54 Å². The van der Waals surface area contributed by atoms with Crippen LogP contribution >= 0.6 is 11.8 Å². The molecule has 6 heteroatoms. The highest BCUT2D eigenvalue weighted by molar-refractivity contribution is 7.99. The van der Waals surface area contributed by atoms with Gasteiger partial charge in [0.15, 0.2) is 0 Å². The Morgan fingerprint density at radius 1 is 1.07 bits per heavy atom. The molecule has 158 valence electrons. The zero-order valence-corrected chi connectivity index (χ0v) is 17.9. The number of nitrogens with zero attached hydrogens (tertiary/aromatic N) is 2. The van der Waals surface area contributed by atoms with Crippen LogP contribution in [0.1, 0.15) is 30.1 Å². The van der Waals surface area contributed by atoms with E-state index in [1.54, 1.807) is 12.1 Å². The van der Waals surface area contributed by atoms with Gasteiger partial charge in [-0.2, -0.15) is 11.8 Å². The molecule has 0 bridgehead atoms. The lowest BCUT2D eigenvalue weighted by atomic mass is 9.85. The van der Waals surface area contributed by atoms with Gasteiger partial charge in [0.2, 0.25) is 5.91 Å². The molecule has 3 fully saturated rings. The summed E-state index contributed by atoms with van der Waals surface area (Å²) in [7, 11) is 0. The molecule has 0 radical (unpaired) electrons. The average Bonchev–Trinajstić information content (AvgIpc) is 3.36. The second-order valence-electron chi connectivity index (χ2n) is 8.74. The molecule has 1 amide bonds. The highest BCUT2D eigenvalue weighted by Gasteiger charge is 2.50. The van der Waals surface area contributed by atoms with Gasteiger partial charge in [0.1, 0.15) is 11.4 Å². The molecular weight excluding hydrogens is 397 g/mol. The van der Waals surface area contributed by atoms with Crippen molar-refractivity contribution in [2.75, 3.05) is 37.0 Å². The minimum atomic E-state index is -0.404. The number of hydrogen-bond acceptors (Lipinski definition) is 4. The van der Waals surface area contributed by atoms with Gasteiger partial charge in [0.05, 0.1) is 6.67 Å². The van der Waals surface area contributed by atoms with Crippen molar-refractivity contribution in [1.82, 2.24) is 10.2 Å². The predicted molar refractivity (Wildman–Crippen MR) is 120 cm³/mol. The Hall–Kier alpha value is -2.05. The molecular formula is C24H28FN3OS. The lowest BCUT2D eigenvalue weighted by Crippen LogP contribution is -2.56. The topological polar surface area (TPSA) is 35.6 Å². The van der Waals surface area contributed by atoms with Crippen molar-refractivity contribution < 1.29 is 9.18 Å². The number of hydrogen-bond donors (Lipinski definition) is 1. The summed E-state index contributed by atoms with van der Waals surface area (Å²) in [6, 6.07) is 17.3. The first-order chi connectivity index (χ1) is 14.6. The van der Waals surface area contributed by atoms with E-state index in [0.29, 0.717) is 17.8 Å². The Kier molecular flexibility index (Phi) is 5.46. The van der Waals surface area contributed by atoms with Crippen LogP contribution in [-0.4, -0.2) is 48.4 Å². The summed E-state index contributed by atoms with van der Waals surface area (Å²) in [4.78, 5) is 17.6. The van der Waals surface area contributed by atoms with Gasteiger partial charge in [-0.1, -0.05) is 30.3 Å². The summed E-state index contributed by atoms with van der Waals surface area (Å²) in [5.41, 5.74) is 1.96. The minimum absolute atomic E-state index is 0.166. The van der Waals surface area contributed by atoms with Crippen molar-refractivity contribution in [3.05, 3.63) is 66.0 Å². The van der Waals surface area contributed by atoms with Crippen LogP contribution < -0.4 is 10.2 Å². The van der Waals surface area contributed by atoms with Gasteiger partial charge in [-0.3, -0.25) is 4.79 Å². The summed E-state index contributed by atoms with van der Waals surface area (Å²) in [5.74, 6) is 1.82. The third kappa shape index (κ3) is 3.71. The number of anilines is 1. The van der Waals surface area contributed by atoms with Crippen molar-refractivity contribution in [2.45, 2.75) is 30.1 Å². The Bertz CT molecular complexity index is 883. The predicted octanol–water partition coefficient (Wildman–Crippen LogP) is 4.05. The number of nitrogens with one attached hydrogen (secondary N) is 1. The van der Waals surface area contributed by atoms with Crippen molar-refractivity contribution in [3.63, 3.8) is 0 Å². The summed E-state index contributed by atoms with van der Waals surface area (Å²) < 4.78 is 13.2. The molecule has 3 aliphatic heterocycles. The van der Waals surface area contributed by atoms with Gasteiger partial charge in [-0.05, 0) is 60.8 Å². The molecule has 1 spiro atoms. The Balaban J connectivity index is 1.19. The number of halogens is 1. The van der Waals surface area contributed by atoms with Gasteiger partial charge < -0.3 is 15.1 Å². The maximum Gasteiger partial charge on any atom is 0.247 e. The fourth-order valence-corrected chi connectivity index (χ4v) is 6.74. The quantitative estimate of drug-likeness (QED) is 0.802. The van der Waals surface area contributed by atoms with Gasteiger partial charge >= 0.3 is 0 Å². The lowest BCUT2D eigenvalue weighted by molar-refractivity contribution is -0.125. The highest BCUT2D eigenvalue weighted by atomic mass is 32.2. The first kappa shape index (κ1) is 19.9. The Morgan fingerprint density at radius 2 is 1.80 bits per heavy atom. The molecule has 3 saturated heterocycles. The van der Waals surface area contributed by atoms with E-state index in [2.05, 4.69) is 27.2 Å². The molecule has 2 aromatic rings. The first-order valence-corrected chi connectivity index (χ1v) is 11.9. The molecule has 2 atom stereocenters. The number of likely N-dealkylation sites (tertiary alicyclic amines) is 1. The second kappa shape index (κ2) is 8.23. The van der Waals surface area contributed by atoms with E-state index in [9.17, 15) is 9.18 Å². The number of piperidine rings is 1. The van der Waals surface area contributed by atoms with Crippen LogP contribution in [0.15, 0.2) is 54.6 Å². The molecule has 30 heavy (non-hydrogen) atoms. The average molecular weight is 426 g/mol. The normalized spacial score (nSPS) is 26.3. The zero-order chi connectivity index (χ0) is 20.6. The molecule has 0 aliphatic carbocycles. The van der Waals surface area contributed by atoms with Crippen molar-refractivity contribution >= 4 is 23.4 Å². The van der Waals surface area contributed by atoms with Crippen LogP contribution in [-0.2, 0) is 4.79 Å². The van der Waals surface area contributed by atoms with Crippen LogP contribution in [0.4, 0.5) is 10.1 Å². The van der Waals surface area contributed by atoms with Gasteiger partial charge in [0.25, 0.3) is 0 Å². The molecule has 3 heterocycles. The Morgan fingerprint density at radius 3 is 2.53 bits per heavy atom. The van der Waals surface area contributed by atoms with E-state index in [-0.39, 0.29) is 11.7 Å². The van der Waals surface area contributed by atoms with E-state index >= 15 is 0 Å². The first-order valence-electron chi connectivity index (χ1n) is 10.8. The Labute approximate surface area is 181 Å². The third-order valence-electron chi connectivity index (χ3n) is 6.93. The van der Waals surface area contributed by atoms with Crippen LogP contribution in [0.3, 0.4) is 0 Å². The standard InChI is InChI=1S/C24H28FN3OS/c25-20-8-6-19(7-9-20)22-14-18(16-30-22)15-27-12-10-24(11-13-27)23(29)26-17-28(24)21-4-2-1-3-5-21/h1-9,18,22H,10-17H2,(H,26,29). The number of carbonyl (C=O) groups is 1. The molecule has 0 aromatic heterocycles. The summed E-state index contributed by atoms with van der Waals surface area (Å²) >= 11 is 1.99. The fraction of sp³-hybridized carbons (Fsp3) is 0.458. The highest BCUT2D eigenvalue weighted by Crippen LogP contribution is 2.44. The fourth-order valence-electron chi connectivity index (χ4n) is 5.23. The molecule has 4 nitrogen and oxygen atoms in total. The van der Waals surface area contributed by atoms with E-state index in [0.717, 1.165) is 50.3 Å². The van der Waals surface area contributed by atoms with E-state index in [4.69, 9.17) is 0 Å². The summed E-state index contributed by atoms with van der Waals surface area (Å²) in [6.07, 6.45) is 2.89. The molecule has 3 aliphatic rings. The number of amides is 1. The number of benzene rings is 2. The van der Waals surface area contributed by atoms with Crippen LogP contribution in [0.25, 0.3) is 0 Å². The monoisotopic (exact) mass is 425 g/mol. The van der Waals surface area contributed by atoms with Gasteiger partial charge in [-0.15, -0.1) is 0 Å². The second-order valence-corrected chi connectivity index (χ2v) is 9.97. The van der Waals surface area contributed by atoms with Gasteiger partial charge in [0, 0.05) is 30.6 Å². The lowest BCUT2D eigenvalue weighted by Gasteiger charge is -2.43. The van der Waals surface area contributed by atoms with Crippen molar-refractivity contribution in [3.8, 4) is 0 Å². The zero-order valence-electron chi connectivity index (χ0n) is 17.1. The number of thioether (sulfide) groups is 1.